The Bertz CT molecular complexity index is 690. The first-order chi connectivity index (χ1) is 14.0. The quantitative estimate of drug-likeness (QED) is 0.250. The highest BCUT2D eigenvalue weighted by Crippen LogP contribution is 2.16. The van der Waals surface area contributed by atoms with Crippen LogP contribution >= 0.6 is 0 Å². The van der Waals surface area contributed by atoms with Crippen molar-refractivity contribution in [3.63, 3.8) is 0 Å². The van der Waals surface area contributed by atoms with Crippen LogP contribution < -0.4 is 10.4 Å². The van der Waals surface area contributed by atoms with Gasteiger partial charge < -0.3 is 14.5 Å². The van der Waals surface area contributed by atoms with E-state index in [9.17, 15) is 14.4 Å². The molecule has 158 valence electrons. The normalized spacial score (nSPS) is 11.1. The van der Waals surface area contributed by atoms with Crippen molar-refractivity contribution in [1.29, 1.82) is 0 Å². The maximum Gasteiger partial charge on any atom is 0.346 e. The molecule has 1 atom stereocenters. The fourth-order valence-corrected chi connectivity index (χ4v) is 2.63. The summed E-state index contributed by atoms with van der Waals surface area (Å²) in [7, 11) is 0. The first-order valence-corrected chi connectivity index (χ1v) is 9.68. The molecule has 1 N–H and O–H groups in total. The number of nitrogens with one attached hydrogen (secondary N) is 1. The maximum absolute atomic E-state index is 11.9. The van der Waals surface area contributed by atoms with E-state index in [0.717, 1.165) is 11.3 Å². The summed E-state index contributed by atoms with van der Waals surface area (Å²) in [4.78, 5) is 42.4. The summed E-state index contributed by atoms with van der Waals surface area (Å²) in [6.45, 7) is 12.4. The molecule has 1 rings (SSSR count). The first kappa shape index (κ1) is 23.9. The first-order valence-electron chi connectivity index (χ1n) is 9.68. The van der Waals surface area contributed by atoms with Gasteiger partial charge in [0.2, 0.25) is 0 Å². The lowest BCUT2D eigenvalue weighted by Gasteiger charge is -2.21. The third kappa shape index (κ3) is 8.21. The summed E-state index contributed by atoms with van der Waals surface area (Å²) >= 11 is 0. The number of rotatable bonds is 12. The molecule has 7 heteroatoms. The summed E-state index contributed by atoms with van der Waals surface area (Å²) in [5, 5.41) is 0. The van der Waals surface area contributed by atoms with Crippen LogP contribution in [0.15, 0.2) is 49.6 Å². The van der Waals surface area contributed by atoms with Crippen LogP contribution in [-0.2, 0) is 30.4 Å². The van der Waals surface area contributed by atoms with E-state index in [-0.39, 0.29) is 19.4 Å². The van der Waals surface area contributed by atoms with E-state index in [0.29, 0.717) is 19.5 Å². The Balaban J connectivity index is 2.49. The van der Waals surface area contributed by atoms with Crippen molar-refractivity contribution in [3.05, 3.63) is 55.1 Å². The van der Waals surface area contributed by atoms with Gasteiger partial charge >= 0.3 is 11.9 Å². The average Bonchev–Trinajstić information content (AvgIpc) is 2.71. The third-order valence-electron chi connectivity index (χ3n) is 4.17. The molecule has 1 aromatic carbocycles. The number of hydrogen-bond acceptors (Lipinski definition) is 6. The molecule has 0 fully saturated rings. The topological polar surface area (TPSA) is 84.9 Å². The molecule has 7 nitrogen and oxygen atoms in total. The number of carbonyl (C=O) groups excluding carboxylic acids is 3. The van der Waals surface area contributed by atoms with Crippen molar-refractivity contribution in [2.45, 2.75) is 33.1 Å². The summed E-state index contributed by atoms with van der Waals surface area (Å²) in [5.41, 5.74) is 4.12. The molecule has 0 aliphatic heterocycles. The van der Waals surface area contributed by atoms with Crippen LogP contribution in [0.25, 0.3) is 0 Å². The van der Waals surface area contributed by atoms with Gasteiger partial charge in [0.05, 0.1) is 6.61 Å². The average molecular weight is 402 g/mol. The van der Waals surface area contributed by atoms with Crippen LogP contribution in [0, 0.1) is 5.92 Å². The number of anilines is 1. The Hall–Kier alpha value is -3.09. The van der Waals surface area contributed by atoms with Crippen LogP contribution in [0.3, 0.4) is 0 Å². The fraction of sp³-hybridized carbons (Fsp3) is 0.409. The molecule has 0 spiro atoms. The number of nitrogens with zero attached hydrogens (tertiary/aromatic N) is 1. The van der Waals surface area contributed by atoms with Gasteiger partial charge in [-0.05, 0) is 37.5 Å². The van der Waals surface area contributed by atoms with Crippen molar-refractivity contribution < 1.29 is 24.0 Å². The largest absolute Gasteiger partial charge is 0.465 e. The van der Waals surface area contributed by atoms with Crippen molar-refractivity contribution in [2.24, 2.45) is 5.92 Å². The van der Waals surface area contributed by atoms with Crippen LogP contribution in [0.5, 0.6) is 0 Å². The summed E-state index contributed by atoms with van der Waals surface area (Å²) < 4.78 is 4.82. The van der Waals surface area contributed by atoms with Gasteiger partial charge in [-0.25, -0.2) is 4.79 Å². The van der Waals surface area contributed by atoms with Gasteiger partial charge in [-0.15, -0.1) is 13.2 Å². The number of amides is 1. The van der Waals surface area contributed by atoms with E-state index in [2.05, 4.69) is 23.5 Å². The third-order valence-corrected chi connectivity index (χ3v) is 4.17. The molecular weight excluding hydrogens is 372 g/mol. The fourth-order valence-electron chi connectivity index (χ4n) is 2.63. The molecule has 1 unspecified atom stereocenters. The minimum Gasteiger partial charge on any atom is -0.465 e. The van der Waals surface area contributed by atoms with E-state index in [1.54, 1.807) is 13.8 Å². The van der Waals surface area contributed by atoms with Gasteiger partial charge in [-0.3, -0.25) is 9.59 Å². The Morgan fingerprint density at radius 1 is 1.07 bits per heavy atom. The molecule has 0 aromatic heterocycles. The molecule has 0 aliphatic rings. The monoisotopic (exact) mass is 402 g/mol. The highest BCUT2D eigenvalue weighted by Gasteiger charge is 2.28. The molecule has 1 aromatic rings. The van der Waals surface area contributed by atoms with Crippen molar-refractivity contribution >= 4 is 23.5 Å². The van der Waals surface area contributed by atoms with Gasteiger partial charge in [-0.1, -0.05) is 31.2 Å². The second-order valence-corrected chi connectivity index (χ2v) is 6.31. The molecule has 0 saturated carbocycles. The van der Waals surface area contributed by atoms with Gasteiger partial charge in [0.25, 0.3) is 5.91 Å². The SMILES string of the molecule is C=CCN(CC=C)c1ccc(CCC(=O)NOC(=O)C(CC)C(=O)OCC)cc1. The summed E-state index contributed by atoms with van der Waals surface area (Å²) in [6, 6.07) is 7.85. The predicted molar refractivity (Wildman–Crippen MR) is 112 cm³/mol. The van der Waals surface area contributed by atoms with Crippen LogP contribution in [-0.4, -0.2) is 37.5 Å². The maximum atomic E-state index is 11.9. The van der Waals surface area contributed by atoms with E-state index in [1.807, 2.05) is 36.4 Å². The molecule has 0 bridgehead atoms. The van der Waals surface area contributed by atoms with Crippen molar-refractivity contribution in [3.8, 4) is 0 Å². The van der Waals surface area contributed by atoms with E-state index in [4.69, 9.17) is 9.57 Å². The predicted octanol–water partition coefficient (Wildman–Crippen LogP) is 2.96. The smallest absolute Gasteiger partial charge is 0.346 e. The number of benzene rings is 1. The second-order valence-electron chi connectivity index (χ2n) is 6.31. The standard InChI is InChI=1S/C22H30N2O5/c1-5-15-24(16-6-2)18-12-9-17(10-13-18)11-14-20(25)23-29-22(27)19(7-3)21(26)28-8-4/h5-6,9-10,12-13,19H,1-2,7-8,11,14-16H2,3-4H3,(H,23,25). The lowest BCUT2D eigenvalue weighted by atomic mass is 10.1. The number of esters is 1. The number of carbonyl (C=O) groups is 3. The second kappa shape index (κ2) is 13.1. The molecule has 0 heterocycles. The van der Waals surface area contributed by atoms with Crippen LogP contribution in [0.1, 0.15) is 32.3 Å². The lowest BCUT2D eigenvalue weighted by Crippen LogP contribution is -2.34. The van der Waals surface area contributed by atoms with E-state index in [1.165, 1.54) is 0 Å². The molecule has 1 amide bonds. The highest BCUT2D eigenvalue weighted by atomic mass is 16.7. The van der Waals surface area contributed by atoms with Crippen molar-refractivity contribution in [2.75, 3.05) is 24.6 Å². The number of hydroxylamine groups is 1. The molecular formula is C22H30N2O5. The zero-order valence-electron chi connectivity index (χ0n) is 17.2. The van der Waals surface area contributed by atoms with Gasteiger partial charge in [-0.2, -0.15) is 5.48 Å². The zero-order valence-corrected chi connectivity index (χ0v) is 17.2. The zero-order chi connectivity index (χ0) is 21.6. The number of hydrogen-bond donors (Lipinski definition) is 1. The molecule has 0 radical (unpaired) electrons. The van der Waals surface area contributed by atoms with Crippen LogP contribution in [0.4, 0.5) is 5.69 Å². The molecule has 0 aliphatic carbocycles. The minimum atomic E-state index is -1.04. The van der Waals surface area contributed by atoms with Gasteiger partial charge in [0.1, 0.15) is 0 Å². The number of aryl methyl sites for hydroxylation is 1. The van der Waals surface area contributed by atoms with E-state index >= 15 is 0 Å². The Labute approximate surface area is 172 Å². The number of ether oxygens (including phenoxy) is 1. The molecule has 0 saturated heterocycles. The highest BCUT2D eigenvalue weighted by molar-refractivity contribution is 5.95. The van der Waals surface area contributed by atoms with Crippen LogP contribution in [0.2, 0.25) is 0 Å². The summed E-state index contributed by atoms with van der Waals surface area (Å²) in [6.07, 6.45) is 4.52. The Kier molecular flexibility index (Phi) is 10.9. The Morgan fingerprint density at radius 3 is 2.21 bits per heavy atom. The summed E-state index contributed by atoms with van der Waals surface area (Å²) in [5.74, 6) is -2.97. The van der Waals surface area contributed by atoms with E-state index < -0.39 is 23.8 Å². The lowest BCUT2D eigenvalue weighted by molar-refractivity contribution is -0.170. The molecule has 29 heavy (non-hydrogen) atoms. The van der Waals surface area contributed by atoms with Gasteiger partial charge in [0, 0.05) is 25.2 Å². The Morgan fingerprint density at radius 2 is 1.69 bits per heavy atom. The van der Waals surface area contributed by atoms with Gasteiger partial charge in [0.15, 0.2) is 5.92 Å². The minimum absolute atomic E-state index is 0.145. The van der Waals surface area contributed by atoms with Crippen molar-refractivity contribution in [1.82, 2.24) is 5.48 Å².